The fourth-order valence-electron chi connectivity index (χ4n) is 0. The molecule has 4 nitrogen and oxygen atoms in total. The van der Waals surface area contributed by atoms with E-state index in [2.05, 4.69) is 0 Å². The third-order valence-electron chi connectivity index (χ3n) is 0. The first-order valence-electron chi connectivity index (χ1n) is 0.500. The van der Waals surface area contributed by atoms with Gasteiger partial charge in [-0.1, -0.05) is 0 Å². The molecule has 0 bridgehead atoms. The summed E-state index contributed by atoms with van der Waals surface area (Å²) in [6.45, 7) is 0. The topological polar surface area (TPSA) is 94.7 Å². The molecule has 0 saturated carbocycles. The summed E-state index contributed by atoms with van der Waals surface area (Å²) in [5, 5.41) is 0. The van der Waals surface area contributed by atoms with Crippen molar-refractivity contribution in [3.05, 3.63) is 0 Å². The van der Waals surface area contributed by atoms with E-state index in [1.165, 1.54) is 0 Å². The van der Waals surface area contributed by atoms with E-state index in [1.807, 2.05) is 0 Å². The summed E-state index contributed by atoms with van der Waals surface area (Å²) in [5.74, 6) is 0. The maximum absolute atomic E-state index is 8.59. The first kappa shape index (κ1) is 22.7. The number of hydrogen-bond donors (Lipinski definition) is 0. The molecule has 0 atom stereocenters. The molecule has 0 aromatic carbocycles. The zero-order valence-electron chi connectivity index (χ0n) is 4.13. The summed E-state index contributed by atoms with van der Waals surface area (Å²) in [6.07, 6.45) is 0. The second kappa shape index (κ2) is 15.8. The molecular weight excluding hydrogens is 238 g/mol. The monoisotopic (exact) mass is 242 g/mol. The van der Waals surface area contributed by atoms with Crippen LogP contribution in [-0.2, 0) is 3.10 Å². The number of hydrogen-bond acceptors (Lipinski definition) is 3. The molecule has 0 saturated heterocycles. The van der Waals surface area contributed by atoms with Crippen LogP contribution in [0.25, 0.3) is 0 Å². The first-order valence-corrected chi connectivity index (χ1v) is 3.35. The second-order valence-corrected chi connectivity index (χ2v) is 1.37. The van der Waals surface area contributed by atoms with E-state index in [-0.39, 0.29) is 64.6 Å². The Bertz CT molecular complexity index is 32.7. The Morgan fingerprint density at radius 2 is 1.14 bits per heavy atom. The van der Waals surface area contributed by atoms with E-state index < -0.39 is 20.4 Å². The Morgan fingerprint density at radius 3 is 1.14 bits per heavy atom. The zero-order chi connectivity index (χ0) is 3.58. The molecular formula is H2Na2O4Te. The summed E-state index contributed by atoms with van der Waals surface area (Å²) in [4.78, 5) is 0. The van der Waals surface area contributed by atoms with Crippen LogP contribution in [0.3, 0.4) is 0 Å². The van der Waals surface area contributed by atoms with Crippen LogP contribution >= 0.6 is 0 Å². The van der Waals surface area contributed by atoms with Crippen LogP contribution in [0.5, 0.6) is 0 Å². The van der Waals surface area contributed by atoms with E-state index in [0.717, 1.165) is 0 Å². The van der Waals surface area contributed by atoms with Crippen LogP contribution in [-0.4, -0.2) is 25.8 Å². The minimum atomic E-state index is -4.11. The molecule has 0 aromatic heterocycles. The largest absolute Gasteiger partial charge is 1.00 e. The predicted octanol–water partition coefficient (Wildman–Crippen LogP) is -9.69. The molecule has 0 aliphatic carbocycles. The smallest absolute Gasteiger partial charge is 1.00 e. The Kier molecular flexibility index (Phi) is 51.2. The van der Waals surface area contributed by atoms with Crippen LogP contribution in [0.4, 0.5) is 0 Å². The summed E-state index contributed by atoms with van der Waals surface area (Å²) >= 11 is -4.11. The van der Waals surface area contributed by atoms with Crippen LogP contribution in [0.2, 0.25) is 0 Å². The van der Waals surface area contributed by atoms with Crippen molar-refractivity contribution >= 4 is 20.4 Å². The Hall–Kier alpha value is 2.47. The first-order chi connectivity index (χ1) is 1.73. The molecule has 2 N–H and O–H groups in total. The molecule has 0 unspecified atom stereocenters. The van der Waals surface area contributed by atoms with Gasteiger partial charge in [-0.15, -0.1) is 0 Å². The zero-order valence-corrected chi connectivity index (χ0v) is 10.5. The van der Waals surface area contributed by atoms with E-state index in [4.69, 9.17) is 10.0 Å². The van der Waals surface area contributed by atoms with Gasteiger partial charge in [0.2, 0.25) is 0 Å². The molecule has 0 aliphatic rings. The van der Waals surface area contributed by atoms with Crippen molar-refractivity contribution in [2.45, 2.75) is 0 Å². The Labute approximate surface area is 93.3 Å². The van der Waals surface area contributed by atoms with E-state index in [0.29, 0.717) is 0 Å². The third-order valence-corrected chi connectivity index (χ3v) is 0. The molecule has 0 aromatic rings. The van der Waals surface area contributed by atoms with Crippen molar-refractivity contribution in [3.8, 4) is 0 Å². The van der Waals surface area contributed by atoms with Gasteiger partial charge in [-0.2, -0.15) is 0 Å². The number of rotatable bonds is 0. The predicted molar refractivity (Wildman–Crippen MR) is 10.1 cm³/mol. The van der Waals surface area contributed by atoms with Gasteiger partial charge >= 0.3 is 89.5 Å². The molecule has 0 amide bonds. The molecule has 0 fully saturated rings. The maximum Gasteiger partial charge on any atom is 1.00 e. The van der Waals surface area contributed by atoms with E-state index in [9.17, 15) is 0 Å². The standard InChI is InChI=1S/2Na.H2O3Te.H2O/c;;1-4(2)3;/h;;(H2,1,2,3);1H2/q2*+1;;/p-2. The molecule has 0 spiro atoms. The van der Waals surface area contributed by atoms with Gasteiger partial charge in [0.25, 0.3) is 0 Å². The van der Waals surface area contributed by atoms with Crippen LogP contribution < -0.4 is 66.1 Å². The maximum atomic E-state index is 8.59. The van der Waals surface area contributed by atoms with E-state index in [1.54, 1.807) is 0 Å². The fraction of sp³-hybridized carbons (Fsp3) is 0. The average Bonchev–Trinajstić information content (AvgIpc) is 0.811. The molecule has 0 radical (unpaired) electrons. The SMILES string of the molecule is O.O=[Te]([O-])[O-].[Na+].[Na+]. The summed E-state index contributed by atoms with van der Waals surface area (Å²) in [5.41, 5.74) is 0. The minimum absolute atomic E-state index is 0. The molecule has 0 rings (SSSR count). The summed E-state index contributed by atoms with van der Waals surface area (Å²) in [6, 6.07) is 0. The van der Waals surface area contributed by atoms with Crippen LogP contribution in [0.15, 0.2) is 0 Å². The normalized spacial score (nSPS) is 5.00. The summed E-state index contributed by atoms with van der Waals surface area (Å²) < 4.78 is 25.8. The Balaban J connectivity index is -0.0000000150. The van der Waals surface area contributed by atoms with Crippen molar-refractivity contribution in [3.63, 3.8) is 0 Å². The van der Waals surface area contributed by atoms with Crippen molar-refractivity contribution < 1.29 is 74.6 Å². The van der Waals surface area contributed by atoms with Crippen molar-refractivity contribution in [1.82, 2.24) is 0 Å². The second-order valence-electron chi connectivity index (χ2n) is 0.204. The van der Waals surface area contributed by atoms with Crippen LogP contribution in [0, 0.1) is 0 Å². The van der Waals surface area contributed by atoms with Crippen molar-refractivity contribution in [2.24, 2.45) is 0 Å². The van der Waals surface area contributed by atoms with Gasteiger partial charge < -0.3 is 5.48 Å². The minimum Gasteiger partial charge on any atom is 1.00 e. The summed E-state index contributed by atoms with van der Waals surface area (Å²) in [7, 11) is 0. The van der Waals surface area contributed by atoms with Gasteiger partial charge in [-0.25, -0.2) is 0 Å². The van der Waals surface area contributed by atoms with Crippen LogP contribution in [0.1, 0.15) is 0 Å². The van der Waals surface area contributed by atoms with Crippen molar-refractivity contribution in [2.75, 3.05) is 0 Å². The van der Waals surface area contributed by atoms with E-state index >= 15 is 0 Å². The van der Waals surface area contributed by atoms with Gasteiger partial charge in [-0.3, -0.25) is 0 Å². The van der Waals surface area contributed by atoms with Crippen molar-refractivity contribution in [1.29, 1.82) is 0 Å². The third kappa shape index (κ3) is 58.1. The molecule has 34 valence electrons. The quantitative estimate of drug-likeness (QED) is 0.393. The van der Waals surface area contributed by atoms with Gasteiger partial charge in [-0.05, 0) is 0 Å². The van der Waals surface area contributed by atoms with Gasteiger partial charge in [0, 0.05) is 0 Å². The molecule has 0 aliphatic heterocycles. The molecule has 7 heavy (non-hydrogen) atoms. The fourth-order valence-corrected chi connectivity index (χ4v) is 0. The van der Waals surface area contributed by atoms with Gasteiger partial charge in [0.1, 0.15) is 0 Å². The van der Waals surface area contributed by atoms with Gasteiger partial charge in [0.05, 0.1) is 0 Å². The molecule has 7 heteroatoms. The average molecular weight is 240 g/mol. The molecule has 0 heterocycles. The Morgan fingerprint density at radius 1 is 1.14 bits per heavy atom. The van der Waals surface area contributed by atoms with Gasteiger partial charge in [0.15, 0.2) is 0 Å².